The largest absolute Gasteiger partial charge is 0.355 e. The molecule has 0 aliphatic heterocycles. The standard InChI is InChI=1S/C34H24N4O6S2.Na/c39-45(40,41)31-18-10-17-25-33(31)28(36-23-13-6-2-7-14-23)20-30-34(25)37-26-21-32(46(42,43)44)27(35-22-11-4-1-5-12-22)19-29(26)38(30)24-15-8-3-9-16-24;/h1-21H,(H3,35,36,39,40,41,42,43,44);/p+1. The van der Waals surface area contributed by atoms with Crippen LogP contribution in [0.3, 0.4) is 0 Å². The van der Waals surface area contributed by atoms with Crippen molar-refractivity contribution in [2.75, 3.05) is 10.6 Å². The zero-order valence-corrected chi connectivity index (χ0v) is 28.5. The Hall–Kier alpha value is -4.40. The molecule has 0 fully saturated rings. The zero-order valence-electron chi connectivity index (χ0n) is 24.9. The normalized spacial score (nSPS) is 11.8. The Morgan fingerprint density at radius 1 is 0.574 bits per heavy atom. The minimum absolute atomic E-state index is 0. The molecule has 229 valence electrons. The summed E-state index contributed by atoms with van der Waals surface area (Å²) in [5.41, 5.74) is 4.12. The summed E-state index contributed by atoms with van der Waals surface area (Å²) in [4.78, 5) is 4.15. The Balaban J connectivity index is 0.00000386. The number of benzene rings is 6. The summed E-state index contributed by atoms with van der Waals surface area (Å²) < 4.78 is 73.0. The van der Waals surface area contributed by atoms with Crippen LogP contribution in [0.25, 0.3) is 38.5 Å². The Bertz CT molecular complexity index is 2520. The number of aromatic nitrogens is 2. The van der Waals surface area contributed by atoms with Gasteiger partial charge in [-0.1, -0.05) is 66.7 Å². The first-order valence-corrected chi connectivity index (χ1v) is 16.9. The van der Waals surface area contributed by atoms with Gasteiger partial charge >= 0.3 is 0 Å². The molecule has 1 aromatic heterocycles. The number of hydrogen-bond acceptors (Lipinski definition) is 7. The van der Waals surface area contributed by atoms with Crippen molar-refractivity contribution in [1.82, 2.24) is 4.98 Å². The summed E-state index contributed by atoms with van der Waals surface area (Å²) in [5.74, 6) is 0. The summed E-state index contributed by atoms with van der Waals surface area (Å²) in [5, 5.41) is 7.00. The molecule has 0 aliphatic rings. The Morgan fingerprint density at radius 2 is 1.11 bits per heavy atom. The first kappa shape index (κ1) is 32.5. The van der Waals surface area contributed by atoms with Crippen molar-refractivity contribution in [3.63, 3.8) is 0 Å². The number of para-hydroxylation sites is 3. The fourth-order valence-corrected chi connectivity index (χ4v) is 7.00. The molecule has 0 unspecified atom stereocenters. The van der Waals surface area contributed by atoms with Gasteiger partial charge in [-0.05, 0) is 36.4 Å². The smallest absolute Gasteiger partial charge is 0.296 e. The van der Waals surface area contributed by atoms with Crippen molar-refractivity contribution in [2.24, 2.45) is 0 Å². The topological polar surface area (TPSA) is 150 Å². The van der Waals surface area contributed by atoms with E-state index in [9.17, 15) is 25.9 Å². The van der Waals surface area contributed by atoms with Crippen LogP contribution in [0.5, 0.6) is 0 Å². The van der Waals surface area contributed by atoms with Gasteiger partial charge in [-0.15, -0.1) is 4.57 Å². The van der Waals surface area contributed by atoms with Crippen LogP contribution in [-0.4, -0.2) is 60.5 Å². The van der Waals surface area contributed by atoms with E-state index in [0.29, 0.717) is 44.7 Å². The second kappa shape index (κ2) is 12.7. The van der Waals surface area contributed by atoms with E-state index in [1.165, 1.54) is 18.2 Å². The third-order valence-electron chi connectivity index (χ3n) is 7.54. The second-order valence-corrected chi connectivity index (χ2v) is 13.3. The number of nitrogens with zero attached hydrogens (tertiary/aromatic N) is 2. The summed E-state index contributed by atoms with van der Waals surface area (Å²) >= 11 is 0. The molecular weight excluding hydrogens is 648 g/mol. The van der Waals surface area contributed by atoms with Crippen LogP contribution >= 0.6 is 0 Å². The van der Waals surface area contributed by atoms with Gasteiger partial charge in [0.25, 0.3) is 20.2 Å². The van der Waals surface area contributed by atoms with Gasteiger partial charge in [-0.3, -0.25) is 9.11 Å². The van der Waals surface area contributed by atoms with Crippen LogP contribution in [0.1, 0.15) is 0 Å². The van der Waals surface area contributed by atoms with Gasteiger partial charge in [0.1, 0.15) is 20.8 Å². The molecule has 0 amide bonds. The molecule has 0 bridgehead atoms. The predicted octanol–water partition coefficient (Wildman–Crippen LogP) is 6.42. The van der Waals surface area contributed by atoms with Gasteiger partial charge in [0.2, 0.25) is 16.7 Å². The van der Waals surface area contributed by atoms with Crippen molar-refractivity contribution in [2.45, 2.75) is 9.79 Å². The van der Waals surface area contributed by atoms with Gasteiger partial charge in [0, 0.05) is 76.0 Å². The second-order valence-electron chi connectivity index (χ2n) is 10.5. The number of rotatable bonds is 7. The van der Waals surface area contributed by atoms with E-state index in [1.54, 1.807) is 42.5 Å². The molecule has 6 aromatic carbocycles. The SMILES string of the molecule is O=S(=O)(O)c1cc2nc3c4cccc(S(=O)(=O)O)c4c(Nc4ccccc4)cc3[n+](-c3ccccc3)c2cc1Nc1ccccc1.[Na]. The van der Waals surface area contributed by atoms with Gasteiger partial charge in [0.15, 0.2) is 0 Å². The Labute approximate surface area is 292 Å². The van der Waals surface area contributed by atoms with Crippen molar-refractivity contribution in [3.05, 3.63) is 127 Å². The van der Waals surface area contributed by atoms with E-state index < -0.39 is 20.2 Å². The van der Waals surface area contributed by atoms with Gasteiger partial charge < -0.3 is 10.6 Å². The third kappa shape index (κ3) is 6.32. The molecule has 0 saturated carbocycles. The summed E-state index contributed by atoms with van der Waals surface area (Å²) in [7, 11) is -9.39. The molecule has 7 rings (SSSR count). The minimum Gasteiger partial charge on any atom is -0.355 e. The zero-order chi connectivity index (χ0) is 32.1. The molecule has 0 saturated heterocycles. The Kier molecular flexibility index (Phi) is 8.76. The van der Waals surface area contributed by atoms with Crippen molar-refractivity contribution >= 4 is 105 Å². The third-order valence-corrected chi connectivity index (χ3v) is 9.33. The molecule has 0 spiro atoms. The van der Waals surface area contributed by atoms with Crippen molar-refractivity contribution in [1.29, 1.82) is 0 Å². The van der Waals surface area contributed by atoms with Crippen LogP contribution in [-0.2, 0) is 20.2 Å². The van der Waals surface area contributed by atoms with Gasteiger partial charge in [-0.25, -0.2) is 4.98 Å². The molecule has 10 nitrogen and oxygen atoms in total. The summed E-state index contributed by atoms with van der Waals surface area (Å²) in [6, 6.07) is 36.6. The monoisotopic (exact) mass is 672 g/mol. The van der Waals surface area contributed by atoms with E-state index in [-0.39, 0.29) is 55.9 Å². The molecule has 13 heteroatoms. The summed E-state index contributed by atoms with van der Waals surface area (Å²) in [6.45, 7) is 0. The van der Waals surface area contributed by atoms with Crippen LogP contribution in [0.15, 0.2) is 137 Å². The average Bonchev–Trinajstić information content (AvgIpc) is 3.04. The fourth-order valence-electron chi connectivity index (χ4n) is 5.62. The fraction of sp³-hybridized carbons (Fsp3) is 0. The maximum atomic E-state index is 12.7. The first-order valence-electron chi connectivity index (χ1n) is 14.0. The van der Waals surface area contributed by atoms with Crippen molar-refractivity contribution < 1.29 is 30.5 Å². The molecule has 0 atom stereocenters. The first-order chi connectivity index (χ1) is 22.1. The average molecular weight is 673 g/mol. The molecule has 47 heavy (non-hydrogen) atoms. The van der Waals surface area contributed by atoms with Gasteiger partial charge in [0.05, 0.1) is 11.4 Å². The van der Waals surface area contributed by atoms with Crippen LogP contribution in [0.2, 0.25) is 0 Å². The summed E-state index contributed by atoms with van der Waals surface area (Å²) in [6.07, 6.45) is 0. The van der Waals surface area contributed by atoms with E-state index >= 15 is 0 Å². The molecular formula is C34H25N4NaO6S2+. The predicted molar refractivity (Wildman–Crippen MR) is 183 cm³/mol. The number of fused-ring (bicyclic) bond motifs is 4. The molecule has 1 heterocycles. The Morgan fingerprint density at radius 3 is 1.68 bits per heavy atom. The molecule has 0 aliphatic carbocycles. The van der Waals surface area contributed by atoms with Gasteiger partial charge in [-0.2, -0.15) is 16.8 Å². The van der Waals surface area contributed by atoms with E-state index in [4.69, 9.17) is 4.98 Å². The number of hydrogen-bond donors (Lipinski definition) is 4. The maximum absolute atomic E-state index is 12.7. The maximum Gasteiger partial charge on any atom is 0.296 e. The van der Waals surface area contributed by atoms with Crippen LogP contribution < -0.4 is 15.2 Å². The number of nitrogens with one attached hydrogen (secondary N) is 2. The minimum atomic E-state index is -4.72. The van der Waals surface area contributed by atoms with E-state index in [0.717, 1.165) is 0 Å². The molecule has 1 radical (unpaired) electrons. The van der Waals surface area contributed by atoms with Crippen molar-refractivity contribution in [3.8, 4) is 5.69 Å². The molecule has 7 aromatic rings. The molecule has 4 N–H and O–H groups in total. The quantitative estimate of drug-likeness (QED) is 0.0495. The van der Waals surface area contributed by atoms with E-state index in [2.05, 4.69) is 10.6 Å². The van der Waals surface area contributed by atoms with E-state index in [1.807, 2.05) is 71.3 Å². The van der Waals surface area contributed by atoms with Crippen LogP contribution in [0, 0.1) is 0 Å². The number of anilines is 4. The van der Waals surface area contributed by atoms with Crippen LogP contribution in [0.4, 0.5) is 22.7 Å².